The van der Waals surface area contributed by atoms with Gasteiger partial charge < -0.3 is 10.5 Å². The highest BCUT2D eigenvalue weighted by molar-refractivity contribution is 9.10. The summed E-state index contributed by atoms with van der Waals surface area (Å²) in [6, 6.07) is 12.5. The number of rotatable bonds is 5. The predicted molar refractivity (Wildman–Crippen MR) is 87.1 cm³/mol. The largest absolute Gasteiger partial charge is 0.489 e. The number of ether oxygens (including phenoxy) is 1. The van der Waals surface area contributed by atoms with Gasteiger partial charge in [0.2, 0.25) is 0 Å². The van der Waals surface area contributed by atoms with Crippen molar-refractivity contribution >= 4 is 15.9 Å². The Kier molecular flexibility index (Phi) is 5.21. The Morgan fingerprint density at radius 3 is 2.60 bits per heavy atom. The molecule has 2 aromatic carbocycles. The highest BCUT2D eigenvalue weighted by Crippen LogP contribution is 2.24. The fraction of sp³-hybridized carbons (Fsp3) is 0.294. The second kappa shape index (κ2) is 6.91. The molecule has 0 heterocycles. The van der Waals surface area contributed by atoms with E-state index in [2.05, 4.69) is 54.0 Å². The minimum Gasteiger partial charge on any atom is -0.489 e. The Morgan fingerprint density at radius 2 is 1.85 bits per heavy atom. The van der Waals surface area contributed by atoms with Crippen molar-refractivity contribution in [3.8, 4) is 5.75 Å². The van der Waals surface area contributed by atoms with Gasteiger partial charge in [0.15, 0.2) is 0 Å². The van der Waals surface area contributed by atoms with Gasteiger partial charge in [-0.3, -0.25) is 0 Å². The molecule has 20 heavy (non-hydrogen) atoms. The van der Waals surface area contributed by atoms with Crippen molar-refractivity contribution in [1.29, 1.82) is 0 Å². The van der Waals surface area contributed by atoms with Crippen LogP contribution in [-0.4, -0.2) is 6.54 Å². The van der Waals surface area contributed by atoms with Crippen molar-refractivity contribution in [3.05, 3.63) is 63.1 Å². The van der Waals surface area contributed by atoms with Gasteiger partial charge in [0, 0.05) is 4.47 Å². The Balaban J connectivity index is 2.10. The van der Waals surface area contributed by atoms with Crippen LogP contribution in [0.5, 0.6) is 5.75 Å². The normalized spacial score (nSPS) is 10.6. The topological polar surface area (TPSA) is 35.2 Å². The van der Waals surface area contributed by atoms with E-state index in [1.807, 2.05) is 12.1 Å². The van der Waals surface area contributed by atoms with Crippen molar-refractivity contribution < 1.29 is 4.74 Å². The molecular weight excluding hydrogens is 314 g/mol. The Hall–Kier alpha value is -1.32. The van der Waals surface area contributed by atoms with Crippen LogP contribution in [0.3, 0.4) is 0 Å². The lowest BCUT2D eigenvalue weighted by molar-refractivity contribution is 0.305. The summed E-state index contributed by atoms with van der Waals surface area (Å²) in [4.78, 5) is 0. The van der Waals surface area contributed by atoms with Gasteiger partial charge in [0.25, 0.3) is 0 Å². The summed E-state index contributed by atoms with van der Waals surface area (Å²) in [5.74, 6) is 0.887. The van der Waals surface area contributed by atoms with E-state index in [1.165, 1.54) is 22.3 Å². The maximum absolute atomic E-state index is 5.91. The number of hydrogen-bond acceptors (Lipinski definition) is 2. The average Bonchev–Trinajstić information content (AvgIpc) is 2.43. The van der Waals surface area contributed by atoms with Crippen molar-refractivity contribution in [1.82, 2.24) is 0 Å². The molecule has 0 amide bonds. The van der Waals surface area contributed by atoms with E-state index in [4.69, 9.17) is 10.5 Å². The van der Waals surface area contributed by atoms with Gasteiger partial charge in [-0.15, -0.1) is 0 Å². The van der Waals surface area contributed by atoms with Crippen LogP contribution < -0.4 is 10.5 Å². The summed E-state index contributed by atoms with van der Waals surface area (Å²) < 4.78 is 6.99. The lowest BCUT2D eigenvalue weighted by atomic mass is 10.1. The molecule has 3 heteroatoms. The number of aryl methyl sites for hydroxylation is 2. The minimum absolute atomic E-state index is 0.594. The fourth-order valence-electron chi connectivity index (χ4n) is 2.10. The zero-order valence-corrected chi connectivity index (χ0v) is 13.5. The maximum atomic E-state index is 5.91. The molecule has 0 fully saturated rings. The van der Waals surface area contributed by atoms with Gasteiger partial charge in [-0.2, -0.15) is 0 Å². The van der Waals surface area contributed by atoms with Gasteiger partial charge in [-0.05, 0) is 61.7 Å². The number of nitrogens with two attached hydrogens (primary N) is 1. The molecule has 2 aromatic rings. The molecule has 2 N–H and O–H groups in total. The summed E-state index contributed by atoms with van der Waals surface area (Å²) in [7, 11) is 0. The third-order valence-electron chi connectivity index (χ3n) is 3.33. The number of benzene rings is 2. The summed E-state index contributed by atoms with van der Waals surface area (Å²) >= 11 is 3.54. The molecule has 0 bridgehead atoms. The first-order valence-corrected chi connectivity index (χ1v) is 7.57. The third kappa shape index (κ3) is 3.84. The van der Waals surface area contributed by atoms with E-state index in [1.54, 1.807) is 0 Å². The third-order valence-corrected chi connectivity index (χ3v) is 4.10. The van der Waals surface area contributed by atoms with E-state index in [-0.39, 0.29) is 0 Å². The van der Waals surface area contributed by atoms with Gasteiger partial charge >= 0.3 is 0 Å². The van der Waals surface area contributed by atoms with E-state index in [0.29, 0.717) is 13.2 Å². The SMILES string of the molecule is Cc1ccc(C)c(COc2ccc(Br)c(CCN)c2)c1. The van der Waals surface area contributed by atoms with Crippen LogP contribution in [0.4, 0.5) is 0 Å². The fourth-order valence-corrected chi connectivity index (χ4v) is 2.55. The molecule has 0 aliphatic rings. The van der Waals surface area contributed by atoms with Crippen LogP contribution in [0, 0.1) is 13.8 Å². The number of hydrogen-bond donors (Lipinski definition) is 1. The van der Waals surface area contributed by atoms with Crippen LogP contribution in [0.25, 0.3) is 0 Å². The number of halogens is 1. The Bertz CT molecular complexity index is 596. The van der Waals surface area contributed by atoms with Crippen LogP contribution in [-0.2, 0) is 13.0 Å². The highest BCUT2D eigenvalue weighted by Gasteiger charge is 2.04. The first-order valence-electron chi connectivity index (χ1n) is 6.77. The molecule has 0 saturated carbocycles. The van der Waals surface area contributed by atoms with Gasteiger partial charge in [-0.25, -0.2) is 0 Å². The quantitative estimate of drug-likeness (QED) is 0.892. The molecule has 0 aliphatic heterocycles. The minimum atomic E-state index is 0.594. The summed E-state index contributed by atoms with van der Waals surface area (Å²) in [5.41, 5.74) is 10.6. The average molecular weight is 334 g/mol. The molecule has 2 nitrogen and oxygen atoms in total. The van der Waals surface area contributed by atoms with Crippen LogP contribution in [0.1, 0.15) is 22.3 Å². The summed E-state index contributed by atoms with van der Waals surface area (Å²) in [6.45, 7) is 5.44. The van der Waals surface area contributed by atoms with Crippen LogP contribution >= 0.6 is 15.9 Å². The zero-order chi connectivity index (χ0) is 14.5. The van der Waals surface area contributed by atoms with Crippen molar-refractivity contribution in [2.75, 3.05) is 6.54 Å². The lowest BCUT2D eigenvalue weighted by Gasteiger charge is -2.11. The van der Waals surface area contributed by atoms with Crippen LogP contribution in [0.15, 0.2) is 40.9 Å². The molecule has 0 aliphatic carbocycles. The second-order valence-corrected chi connectivity index (χ2v) is 5.86. The van der Waals surface area contributed by atoms with E-state index in [9.17, 15) is 0 Å². The second-order valence-electron chi connectivity index (χ2n) is 5.01. The van der Waals surface area contributed by atoms with Gasteiger partial charge in [0.1, 0.15) is 12.4 Å². The van der Waals surface area contributed by atoms with Crippen LogP contribution in [0.2, 0.25) is 0 Å². The molecule has 2 rings (SSSR count). The Morgan fingerprint density at radius 1 is 1.05 bits per heavy atom. The molecule has 0 aromatic heterocycles. The Labute approximate surface area is 129 Å². The first-order chi connectivity index (χ1) is 9.60. The smallest absolute Gasteiger partial charge is 0.120 e. The summed E-state index contributed by atoms with van der Waals surface area (Å²) in [6.07, 6.45) is 0.848. The molecule has 0 radical (unpaired) electrons. The van der Waals surface area contributed by atoms with Gasteiger partial charge in [-0.1, -0.05) is 39.7 Å². The standard InChI is InChI=1S/C17H20BrNO/c1-12-3-4-13(2)15(9-12)11-20-16-5-6-17(18)14(10-16)7-8-19/h3-6,9-10H,7-8,11,19H2,1-2H3. The molecule has 0 atom stereocenters. The van der Waals surface area contributed by atoms with E-state index in [0.717, 1.165) is 16.6 Å². The predicted octanol–water partition coefficient (Wildman–Crippen LogP) is 4.15. The zero-order valence-electron chi connectivity index (χ0n) is 11.9. The van der Waals surface area contributed by atoms with Gasteiger partial charge in [0.05, 0.1) is 0 Å². The molecule has 0 spiro atoms. The van der Waals surface area contributed by atoms with E-state index < -0.39 is 0 Å². The first kappa shape index (κ1) is 15.1. The molecule has 106 valence electrons. The summed E-state index contributed by atoms with van der Waals surface area (Å²) in [5, 5.41) is 0. The monoisotopic (exact) mass is 333 g/mol. The molecular formula is C17H20BrNO. The maximum Gasteiger partial charge on any atom is 0.120 e. The van der Waals surface area contributed by atoms with Crippen molar-refractivity contribution in [2.24, 2.45) is 5.73 Å². The molecule has 0 unspecified atom stereocenters. The molecule has 0 saturated heterocycles. The van der Waals surface area contributed by atoms with E-state index >= 15 is 0 Å². The lowest BCUT2D eigenvalue weighted by Crippen LogP contribution is -2.04. The van der Waals surface area contributed by atoms with Crippen molar-refractivity contribution in [2.45, 2.75) is 26.9 Å². The van der Waals surface area contributed by atoms with Crippen molar-refractivity contribution in [3.63, 3.8) is 0 Å². The highest BCUT2D eigenvalue weighted by atomic mass is 79.9.